The van der Waals surface area contributed by atoms with E-state index in [1.807, 2.05) is 6.92 Å². The second-order valence-corrected chi connectivity index (χ2v) is 7.13. The molecule has 2 heterocycles. The van der Waals surface area contributed by atoms with E-state index in [1.54, 1.807) is 30.3 Å². The van der Waals surface area contributed by atoms with E-state index in [4.69, 9.17) is 0 Å². The molecule has 1 aliphatic heterocycles. The maximum Gasteiger partial charge on any atom is 0.241 e. The van der Waals surface area contributed by atoms with Gasteiger partial charge in [-0.25, -0.2) is 12.8 Å². The van der Waals surface area contributed by atoms with Gasteiger partial charge < -0.3 is 4.98 Å². The molecule has 2 aromatic carbocycles. The van der Waals surface area contributed by atoms with E-state index in [2.05, 4.69) is 9.71 Å². The monoisotopic (exact) mass is 316 g/mol. The van der Waals surface area contributed by atoms with Crippen LogP contribution >= 0.6 is 0 Å². The van der Waals surface area contributed by atoms with E-state index >= 15 is 0 Å². The molecule has 0 saturated carbocycles. The zero-order valence-electron chi connectivity index (χ0n) is 11.7. The third-order valence-electron chi connectivity index (χ3n) is 4.08. The largest absolute Gasteiger partial charge is 0.358 e. The molecule has 0 amide bonds. The quantitative estimate of drug-likeness (QED) is 0.725. The molecule has 1 unspecified atom stereocenters. The molecule has 0 fully saturated rings. The van der Waals surface area contributed by atoms with Crippen LogP contribution in [0.3, 0.4) is 0 Å². The summed E-state index contributed by atoms with van der Waals surface area (Å²) >= 11 is 0. The first kappa shape index (κ1) is 13.5. The van der Waals surface area contributed by atoms with Crippen LogP contribution in [0.1, 0.15) is 22.9 Å². The molecule has 4 rings (SSSR count). The Morgan fingerprint density at radius 3 is 2.73 bits per heavy atom. The maximum atomic E-state index is 13.6. The first-order valence-electron chi connectivity index (χ1n) is 6.86. The van der Waals surface area contributed by atoms with Gasteiger partial charge in [0.05, 0.1) is 10.9 Å². The molecule has 2 N–H and O–H groups in total. The molecular formula is C16H13FN2O2S. The van der Waals surface area contributed by atoms with Crippen LogP contribution < -0.4 is 4.72 Å². The molecule has 6 heteroatoms. The highest BCUT2D eigenvalue weighted by atomic mass is 32.2. The van der Waals surface area contributed by atoms with Crippen molar-refractivity contribution >= 4 is 20.9 Å². The highest BCUT2D eigenvalue weighted by Crippen LogP contribution is 2.39. The summed E-state index contributed by atoms with van der Waals surface area (Å²) in [7, 11) is -3.53. The molecule has 0 aliphatic carbocycles. The van der Waals surface area contributed by atoms with Gasteiger partial charge in [-0.05, 0) is 36.8 Å². The van der Waals surface area contributed by atoms with Crippen molar-refractivity contribution in [3.63, 3.8) is 0 Å². The lowest BCUT2D eigenvalue weighted by atomic mass is 9.97. The topological polar surface area (TPSA) is 62.0 Å². The minimum absolute atomic E-state index is 0.283. The van der Waals surface area contributed by atoms with Crippen LogP contribution in [0, 0.1) is 12.7 Å². The highest BCUT2D eigenvalue weighted by molar-refractivity contribution is 7.89. The number of aromatic nitrogens is 1. The number of benzene rings is 2. The molecular weight excluding hydrogens is 303 g/mol. The zero-order chi connectivity index (χ0) is 15.5. The minimum atomic E-state index is -3.53. The predicted molar refractivity (Wildman–Crippen MR) is 81.6 cm³/mol. The molecule has 3 aromatic rings. The van der Waals surface area contributed by atoms with E-state index in [1.165, 1.54) is 12.1 Å². The van der Waals surface area contributed by atoms with E-state index in [9.17, 15) is 12.8 Å². The molecule has 0 radical (unpaired) electrons. The van der Waals surface area contributed by atoms with E-state index in [0.717, 1.165) is 16.8 Å². The lowest BCUT2D eigenvalue weighted by molar-refractivity contribution is 0.585. The van der Waals surface area contributed by atoms with Crippen molar-refractivity contribution in [3.8, 4) is 0 Å². The number of hydrogen-bond donors (Lipinski definition) is 2. The minimum Gasteiger partial charge on any atom is -0.358 e. The first-order valence-corrected chi connectivity index (χ1v) is 8.35. The average molecular weight is 316 g/mol. The normalized spacial score (nSPS) is 19.5. The standard InChI is InChI=1S/C16H13FN2O2S/c1-9-15(12-8-10(17)6-7-13(12)18-9)16-11-4-2-3-5-14(11)22(20,21)19-16/h2-8,16,18-19H,1H3. The Morgan fingerprint density at radius 2 is 1.91 bits per heavy atom. The number of nitrogens with one attached hydrogen (secondary N) is 2. The molecule has 0 saturated heterocycles. The number of aromatic amines is 1. The number of aryl methyl sites for hydroxylation is 1. The van der Waals surface area contributed by atoms with Crippen molar-refractivity contribution in [3.05, 3.63) is 65.1 Å². The fraction of sp³-hybridized carbons (Fsp3) is 0.125. The Bertz CT molecular complexity index is 1010. The number of halogens is 1. The first-order chi connectivity index (χ1) is 10.5. The molecule has 0 bridgehead atoms. The Balaban J connectivity index is 2.02. The SMILES string of the molecule is Cc1[nH]c2ccc(F)cc2c1C1NS(=O)(=O)c2ccccc21. The zero-order valence-corrected chi connectivity index (χ0v) is 12.5. The highest BCUT2D eigenvalue weighted by Gasteiger charge is 2.36. The van der Waals surface area contributed by atoms with Gasteiger partial charge in [-0.1, -0.05) is 18.2 Å². The summed E-state index contributed by atoms with van der Waals surface area (Å²) in [5.74, 6) is -0.345. The molecule has 1 aromatic heterocycles. The van der Waals surface area contributed by atoms with Crippen molar-refractivity contribution < 1.29 is 12.8 Å². The van der Waals surface area contributed by atoms with Gasteiger partial charge in [0, 0.05) is 22.2 Å². The number of hydrogen-bond acceptors (Lipinski definition) is 2. The van der Waals surface area contributed by atoms with Crippen LogP contribution in [-0.4, -0.2) is 13.4 Å². The maximum absolute atomic E-state index is 13.6. The Hall–Kier alpha value is -2.18. The summed E-state index contributed by atoms with van der Waals surface area (Å²) in [6.07, 6.45) is 0. The Labute approximate surface area is 127 Å². The van der Waals surface area contributed by atoms with Gasteiger partial charge in [0.25, 0.3) is 0 Å². The summed E-state index contributed by atoms with van der Waals surface area (Å²) in [6.45, 7) is 1.86. The third kappa shape index (κ3) is 1.81. The second kappa shape index (κ2) is 4.41. The summed E-state index contributed by atoms with van der Waals surface area (Å²) < 4.78 is 40.8. The summed E-state index contributed by atoms with van der Waals surface area (Å²) in [6, 6.07) is 10.9. The number of fused-ring (bicyclic) bond motifs is 2. The molecule has 112 valence electrons. The smallest absolute Gasteiger partial charge is 0.241 e. The van der Waals surface area contributed by atoms with Crippen LogP contribution in [0.4, 0.5) is 4.39 Å². The van der Waals surface area contributed by atoms with Crippen molar-refractivity contribution in [2.45, 2.75) is 17.9 Å². The van der Waals surface area contributed by atoms with Gasteiger partial charge in [-0.3, -0.25) is 0 Å². The van der Waals surface area contributed by atoms with Crippen molar-refractivity contribution in [1.82, 2.24) is 9.71 Å². The molecule has 4 nitrogen and oxygen atoms in total. The lowest BCUT2D eigenvalue weighted by Crippen LogP contribution is -2.21. The summed E-state index contributed by atoms with van der Waals surface area (Å²) in [5, 5.41) is 0.696. The van der Waals surface area contributed by atoms with Gasteiger partial charge in [0.2, 0.25) is 10.0 Å². The number of sulfonamides is 1. The van der Waals surface area contributed by atoms with Crippen molar-refractivity contribution in [2.24, 2.45) is 0 Å². The number of rotatable bonds is 1. The van der Waals surface area contributed by atoms with Gasteiger partial charge in [0.15, 0.2) is 0 Å². The van der Waals surface area contributed by atoms with Gasteiger partial charge in [-0.2, -0.15) is 4.72 Å². The second-order valence-electron chi connectivity index (χ2n) is 5.45. The Kier molecular flexibility index (Phi) is 2.70. The van der Waals surface area contributed by atoms with E-state index in [0.29, 0.717) is 10.9 Å². The summed E-state index contributed by atoms with van der Waals surface area (Å²) in [5.41, 5.74) is 3.07. The summed E-state index contributed by atoms with van der Waals surface area (Å²) in [4.78, 5) is 3.47. The molecule has 1 aliphatic rings. The number of H-pyrrole nitrogens is 1. The van der Waals surface area contributed by atoms with Crippen LogP contribution in [0.15, 0.2) is 47.4 Å². The van der Waals surface area contributed by atoms with Crippen LogP contribution in [-0.2, 0) is 10.0 Å². The third-order valence-corrected chi connectivity index (χ3v) is 5.58. The van der Waals surface area contributed by atoms with E-state index in [-0.39, 0.29) is 10.7 Å². The fourth-order valence-electron chi connectivity index (χ4n) is 3.15. The van der Waals surface area contributed by atoms with Crippen LogP contribution in [0.2, 0.25) is 0 Å². The van der Waals surface area contributed by atoms with Gasteiger partial charge >= 0.3 is 0 Å². The van der Waals surface area contributed by atoms with Crippen LogP contribution in [0.5, 0.6) is 0 Å². The fourth-order valence-corrected chi connectivity index (χ4v) is 4.59. The van der Waals surface area contributed by atoms with Gasteiger partial charge in [0.1, 0.15) is 5.82 Å². The van der Waals surface area contributed by atoms with Crippen LogP contribution in [0.25, 0.3) is 10.9 Å². The molecule has 22 heavy (non-hydrogen) atoms. The lowest BCUT2D eigenvalue weighted by Gasteiger charge is -2.11. The average Bonchev–Trinajstić information content (AvgIpc) is 2.93. The molecule has 1 atom stereocenters. The van der Waals surface area contributed by atoms with Crippen molar-refractivity contribution in [1.29, 1.82) is 0 Å². The predicted octanol–water partition coefficient (Wildman–Crippen LogP) is 3.00. The molecule has 0 spiro atoms. The van der Waals surface area contributed by atoms with Crippen molar-refractivity contribution in [2.75, 3.05) is 0 Å². The van der Waals surface area contributed by atoms with E-state index < -0.39 is 16.1 Å². The van der Waals surface area contributed by atoms with Gasteiger partial charge in [-0.15, -0.1) is 0 Å². The Morgan fingerprint density at radius 1 is 1.14 bits per heavy atom.